The maximum Gasteiger partial charge on any atom is 0.106 e. The van der Waals surface area contributed by atoms with Crippen molar-refractivity contribution in [3.8, 4) is 11.4 Å². The Morgan fingerprint density at radius 1 is 1.25 bits per heavy atom. The van der Waals surface area contributed by atoms with Crippen LogP contribution in [0.3, 0.4) is 0 Å². The lowest BCUT2D eigenvalue weighted by molar-refractivity contribution is 0.707. The lowest BCUT2D eigenvalue weighted by Crippen LogP contribution is -2.08. The van der Waals surface area contributed by atoms with Crippen molar-refractivity contribution >= 4 is 0 Å². The van der Waals surface area contributed by atoms with Crippen LogP contribution in [0.25, 0.3) is 11.4 Å². The van der Waals surface area contributed by atoms with Crippen molar-refractivity contribution in [2.75, 3.05) is 13.6 Å². The molecular weight excluding hydrogens is 202 g/mol. The standard InChI is InChI=1S/C11H15N5/c1-12-4-2-3-11-15-8-10(16-11)9-7-13-5-6-14-9/h5-8,12H,2-4H2,1H3,(H,15,16). The van der Waals surface area contributed by atoms with Crippen molar-refractivity contribution < 1.29 is 0 Å². The second kappa shape index (κ2) is 5.37. The average Bonchev–Trinajstić information content (AvgIpc) is 2.79. The van der Waals surface area contributed by atoms with E-state index in [4.69, 9.17) is 0 Å². The van der Waals surface area contributed by atoms with E-state index in [1.165, 1.54) is 0 Å². The lowest BCUT2D eigenvalue weighted by Gasteiger charge is -1.97. The third-order valence-electron chi connectivity index (χ3n) is 2.31. The van der Waals surface area contributed by atoms with Crippen LogP contribution in [-0.2, 0) is 6.42 Å². The Bertz CT molecular complexity index is 423. The molecule has 0 atom stereocenters. The van der Waals surface area contributed by atoms with Crippen molar-refractivity contribution in [3.05, 3.63) is 30.6 Å². The van der Waals surface area contributed by atoms with Crippen LogP contribution >= 0.6 is 0 Å². The molecule has 0 aliphatic carbocycles. The van der Waals surface area contributed by atoms with Crippen molar-refractivity contribution in [1.29, 1.82) is 0 Å². The Hall–Kier alpha value is -1.75. The quantitative estimate of drug-likeness (QED) is 0.734. The van der Waals surface area contributed by atoms with E-state index in [1.807, 2.05) is 7.05 Å². The molecule has 0 aromatic carbocycles. The number of aromatic nitrogens is 4. The molecule has 2 aromatic rings. The number of rotatable bonds is 5. The molecule has 0 radical (unpaired) electrons. The van der Waals surface area contributed by atoms with E-state index in [2.05, 4.69) is 25.3 Å². The van der Waals surface area contributed by atoms with E-state index >= 15 is 0 Å². The van der Waals surface area contributed by atoms with E-state index in [-0.39, 0.29) is 0 Å². The summed E-state index contributed by atoms with van der Waals surface area (Å²) < 4.78 is 0. The summed E-state index contributed by atoms with van der Waals surface area (Å²) in [6.45, 7) is 1.00. The van der Waals surface area contributed by atoms with Gasteiger partial charge in [-0.15, -0.1) is 0 Å². The van der Waals surface area contributed by atoms with Gasteiger partial charge in [-0.2, -0.15) is 0 Å². The third-order valence-corrected chi connectivity index (χ3v) is 2.31. The second-order valence-corrected chi connectivity index (χ2v) is 3.54. The topological polar surface area (TPSA) is 66.5 Å². The number of aryl methyl sites for hydroxylation is 1. The lowest BCUT2D eigenvalue weighted by atomic mass is 10.3. The van der Waals surface area contributed by atoms with E-state index in [9.17, 15) is 0 Å². The number of hydrogen-bond acceptors (Lipinski definition) is 4. The van der Waals surface area contributed by atoms with Crippen LogP contribution < -0.4 is 5.32 Å². The van der Waals surface area contributed by atoms with Gasteiger partial charge < -0.3 is 10.3 Å². The summed E-state index contributed by atoms with van der Waals surface area (Å²) >= 11 is 0. The van der Waals surface area contributed by atoms with E-state index in [0.29, 0.717) is 0 Å². The molecule has 5 heteroatoms. The molecule has 2 heterocycles. The molecule has 0 fully saturated rings. The molecule has 0 bridgehead atoms. The summed E-state index contributed by atoms with van der Waals surface area (Å²) in [6, 6.07) is 0. The first-order valence-corrected chi connectivity index (χ1v) is 5.35. The van der Waals surface area contributed by atoms with Crippen LogP contribution in [-0.4, -0.2) is 33.5 Å². The molecule has 0 saturated carbocycles. The molecule has 2 rings (SSSR count). The highest BCUT2D eigenvalue weighted by atomic mass is 14.9. The van der Waals surface area contributed by atoms with Crippen molar-refractivity contribution in [1.82, 2.24) is 25.3 Å². The monoisotopic (exact) mass is 217 g/mol. The van der Waals surface area contributed by atoms with Gasteiger partial charge in [-0.25, -0.2) is 4.98 Å². The molecule has 0 aliphatic heterocycles. The zero-order valence-electron chi connectivity index (χ0n) is 9.27. The average molecular weight is 217 g/mol. The largest absolute Gasteiger partial charge is 0.341 e. The minimum Gasteiger partial charge on any atom is -0.341 e. The van der Waals surface area contributed by atoms with E-state index in [1.54, 1.807) is 24.8 Å². The maximum atomic E-state index is 4.31. The van der Waals surface area contributed by atoms with Gasteiger partial charge in [0.15, 0.2) is 0 Å². The smallest absolute Gasteiger partial charge is 0.106 e. The predicted molar refractivity (Wildman–Crippen MR) is 61.9 cm³/mol. The van der Waals surface area contributed by atoms with Gasteiger partial charge in [0.05, 0.1) is 18.1 Å². The van der Waals surface area contributed by atoms with Gasteiger partial charge in [0, 0.05) is 18.8 Å². The van der Waals surface area contributed by atoms with Gasteiger partial charge >= 0.3 is 0 Å². The van der Waals surface area contributed by atoms with Crippen molar-refractivity contribution in [2.45, 2.75) is 12.8 Å². The Labute approximate surface area is 94.4 Å². The first-order chi connectivity index (χ1) is 7.90. The molecule has 5 nitrogen and oxygen atoms in total. The normalized spacial score (nSPS) is 10.6. The van der Waals surface area contributed by atoms with Crippen LogP contribution in [0.5, 0.6) is 0 Å². The Balaban J connectivity index is 2.02. The van der Waals surface area contributed by atoms with Crippen molar-refractivity contribution in [2.24, 2.45) is 0 Å². The van der Waals surface area contributed by atoms with Crippen molar-refractivity contribution in [3.63, 3.8) is 0 Å². The van der Waals surface area contributed by atoms with Gasteiger partial charge in [0.1, 0.15) is 11.5 Å². The molecular formula is C11H15N5. The van der Waals surface area contributed by atoms with Crippen LogP contribution in [0.4, 0.5) is 0 Å². The number of hydrogen-bond donors (Lipinski definition) is 2. The third kappa shape index (κ3) is 2.64. The van der Waals surface area contributed by atoms with E-state index in [0.717, 1.165) is 36.6 Å². The highest BCUT2D eigenvalue weighted by Crippen LogP contribution is 2.12. The van der Waals surface area contributed by atoms with Crippen LogP contribution in [0.2, 0.25) is 0 Å². The number of aromatic amines is 1. The molecule has 0 unspecified atom stereocenters. The van der Waals surface area contributed by atoms with Gasteiger partial charge in [-0.3, -0.25) is 9.97 Å². The van der Waals surface area contributed by atoms with Gasteiger partial charge in [-0.1, -0.05) is 0 Å². The molecule has 84 valence electrons. The zero-order valence-corrected chi connectivity index (χ0v) is 9.27. The maximum absolute atomic E-state index is 4.31. The first kappa shape index (κ1) is 10.8. The van der Waals surface area contributed by atoms with E-state index < -0.39 is 0 Å². The fourth-order valence-electron chi connectivity index (χ4n) is 1.49. The molecule has 0 saturated heterocycles. The first-order valence-electron chi connectivity index (χ1n) is 5.35. The predicted octanol–water partition coefficient (Wildman–Crippen LogP) is 1.02. The van der Waals surface area contributed by atoms with Gasteiger partial charge in [0.2, 0.25) is 0 Å². The number of imidazole rings is 1. The Kier molecular flexibility index (Phi) is 3.61. The number of H-pyrrole nitrogens is 1. The minimum absolute atomic E-state index is 0.829. The SMILES string of the molecule is CNCCCc1ncc(-c2cnccn2)[nH]1. The summed E-state index contributed by atoms with van der Waals surface area (Å²) in [5.41, 5.74) is 1.75. The van der Waals surface area contributed by atoms with Gasteiger partial charge in [0.25, 0.3) is 0 Å². The van der Waals surface area contributed by atoms with Gasteiger partial charge in [-0.05, 0) is 20.0 Å². The molecule has 0 spiro atoms. The van der Waals surface area contributed by atoms with Crippen LogP contribution in [0.15, 0.2) is 24.8 Å². The summed E-state index contributed by atoms with van der Waals surface area (Å²) in [7, 11) is 1.95. The number of nitrogens with zero attached hydrogens (tertiary/aromatic N) is 3. The molecule has 16 heavy (non-hydrogen) atoms. The molecule has 2 aromatic heterocycles. The highest BCUT2D eigenvalue weighted by Gasteiger charge is 2.03. The van der Waals surface area contributed by atoms with Crippen LogP contribution in [0, 0.1) is 0 Å². The summed E-state index contributed by atoms with van der Waals surface area (Å²) in [5, 5.41) is 3.11. The fourth-order valence-corrected chi connectivity index (χ4v) is 1.49. The summed E-state index contributed by atoms with van der Waals surface area (Å²) in [5.74, 6) is 0.996. The Morgan fingerprint density at radius 3 is 2.94 bits per heavy atom. The fraction of sp³-hybridized carbons (Fsp3) is 0.364. The molecule has 0 amide bonds. The minimum atomic E-state index is 0.829. The van der Waals surface area contributed by atoms with Crippen LogP contribution in [0.1, 0.15) is 12.2 Å². The summed E-state index contributed by atoms with van der Waals surface area (Å²) in [4.78, 5) is 15.8. The highest BCUT2D eigenvalue weighted by molar-refractivity contribution is 5.51. The second-order valence-electron chi connectivity index (χ2n) is 3.54. The zero-order chi connectivity index (χ0) is 11.2. The Morgan fingerprint density at radius 2 is 2.19 bits per heavy atom. The molecule has 0 aliphatic rings. The summed E-state index contributed by atoms with van der Waals surface area (Å²) in [6.07, 6.45) is 8.89. The molecule has 2 N–H and O–H groups in total. The number of nitrogens with one attached hydrogen (secondary N) is 2.